The van der Waals surface area contributed by atoms with Crippen LogP contribution in [0.25, 0.3) is 0 Å². The Bertz CT molecular complexity index is 327. The quantitative estimate of drug-likeness (QED) is 0.770. The van der Waals surface area contributed by atoms with Gasteiger partial charge in [0.15, 0.2) is 0 Å². The molecule has 0 aliphatic heterocycles. The van der Waals surface area contributed by atoms with Gasteiger partial charge in [-0.2, -0.15) is 0 Å². The maximum Gasteiger partial charge on any atom is 0.409 e. The lowest BCUT2D eigenvalue weighted by atomic mass is 10.3. The molecule has 0 amide bonds. The minimum Gasteiger partial charge on any atom is -0.497 e. The summed E-state index contributed by atoms with van der Waals surface area (Å²) in [6.07, 6.45) is 0. The molecule has 1 rings (SSSR count). The molecule has 13 heavy (non-hydrogen) atoms. The van der Waals surface area contributed by atoms with Gasteiger partial charge in [0.05, 0.1) is 11.6 Å². The zero-order valence-corrected chi connectivity index (χ0v) is 9.05. The van der Waals surface area contributed by atoms with Gasteiger partial charge in [-0.15, -0.1) is 0 Å². The van der Waals surface area contributed by atoms with Crippen LogP contribution in [0.15, 0.2) is 22.7 Å². The van der Waals surface area contributed by atoms with Crippen molar-refractivity contribution in [3.05, 3.63) is 22.7 Å². The number of halogens is 2. The molecule has 0 aromatic heterocycles. The van der Waals surface area contributed by atoms with E-state index in [1.165, 1.54) is 0 Å². The first-order valence-electron chi connectivity index (χ1n) is 3.34. The molecule has 0 fully saturated rings. The molecule has 0 aliphatic rings. The van der Waals surface area contributed by atoms with Crippen molar-refractivity contribution >= 4 is 33.0 Å². The van der Waals surface area contributed by atoms with E-state index in [9.17, 15) is 4.79 Å². The van der Waals surface area contributed by atoms with Crippen LogP contribution in [-0.4, -0.2) is 12.5 Å². The number of ether oxygens (including phenoxy) is 2. The molecule has 0 heterocycles. The molecule has 0 spiro atoms. The number of methoxy groups -OCH3 is 1. The molecule has 1 aromatic rings. The average molecular weight is 265 g/mol. The topological polar surface area (TPSA) is 35.5 Å². The molecule has 0 atom stereocenters. The van der Waals surface area contributed by atoms with Gasteiger partial charge in [0.25, 0.3) is 0 Å². The number of benzene rings is 1. The first-order valence-corrected chi connectivity index (χ1v) is 4.51. The van der Waals surface area contributed by atoms with Crippen LogP contribution in [0.2, 0.25) is 0 Å². The Morgan fingerprint density at radius 3 is 2.69 bits per heavy atom. The van der Waals surface area contributed by atoms with Gasteiger partial charge in [-0.1, -0.05) is 0 Å². The fraction of sp³-hybridized carbons (Fsp3) is 0.125. The van der Waals surface area contributed by atoms with Crippen LogP contribution < -0.4 is 9.47 Å². The third-order valence-electron chi connectivity index (χ3n) is 1.33. The molecule has 0 saturated heterocycles. The molecule has 1 aromatic carbocycles. The second kappa shape index (κ2) is 4.48. The van der Waals surface area contributed by atoms with E-state index in [-0.39, 0.29) is 0 Å². The Balaban J connectivity index is 2.91. The van der Waals surface area contributed by atoms with Crippen molar-refractivity contribution in [2.24, 2.45) is 0 Å². The fourth-order valence-corrected chi connectivity index (χ4v) is 1.30. The van der Waals surface area contributed by atoms with Gasteiger partial charge < -0.3 is 9.47 Å². The highest BCUT2D eigenvalue weighted by molar-refractivity contribution is 9.10. The Hall–Kier alpha value is -0.740. The van der Waals surface area contributed by atoms with Gasteiger partial charge in [0, 0.05) is 11.6 Å². The summed E-state index contributed by atoms with van der Waals surface area (Å²) >= 11 is 8.25. The molecular weight excluding hydrogens is 259 g/mol. The van der Waals surface area contributed by atoms with E-state index < -0.39 is 5.43 Å². The maximum atomic E-state index is 10.4. The molecule has 0 unspecified atom stereocenters. The fourth-order valence-electron chi connectivity index (χ4n) is 0.778. The van der Waals surface area contributed by atoms with Crippen LogP contribution in [0, 0.1) is 0 Å². The minimum absolute atomic E-state index is 0.362. The highest BCUT2D eigenvalue weighted by Crippen LogP contribution is 2.29. The SMILES string of the molecule is COc1ccc(OC(=O)Cl)c(Br)c1. The molecule has 70 valence electrons. The standard InChI is InChI=1S/C8H6BrClO3/c1-12-5-2-3-7(6(9)4-5)13-8(10)11/h2-4H,1H3. The first-order chi connectivity index (χ1) is 6.13. The monoisotopic (exact) mass is 264 g/mol. The number of carbonyl (C=O) groups is 1. The third-order valence-corrected chi connectivity index (χ3v) is 2.03. The second-order valence-electron chi connectivity index (χ2n) is 2.14. The Morgan fingerprint density at radius 1 is 1.54 bits per heavy atom. The third kappa shape index (κ3) is 2.90. The Morgan fingerprint density at radius 2 is 2.23 bits per heavy atom. The van der Waals surface area contributed by atoms with E-state index in [0.717, 1.165) is 0 Å². The predicted octanol–water partition coefficient (Wildman–Crippen LogP) is 3.20. The van der Waals surface area contributed by atoms with Crippen molar-refractivity contribution in [2.75, 3.05) is 7.11 Å². The number of rotatable bonds is 2. The summed E-state index contributed by atoms with van der Waals surface area (Å²) < 4.78 is 10.2. The largest absolute Gasteiger partial charge is 0.497 e. The normalized spacial score (nSPS) is 9.46. The highest BCUT2D eigenvalue weighted by Gasteiger charge is 2.05. The summed E-state index contributed by atoms with van der Waals surface area (Å²) in [5.41, 5.74) is -0.870. The molecule has 3 nitrogen and oxygen atoms in total. The summed E-state index contributed by atoms with van der Waals surface area (Å²) in [6.45, 7) is 0. The summed E-state index contributed by atoms with van der Waals surface area (Å²) in [7, 11) is 1.55. The van der Waals surface area contributed by atoms with Crippen molar-refractivity contribution in [3.8, 4) is 11.5 Å². The van der Waals surface area contributed by atoms with Gasteiger partial charge in [0.1, 0.15) is 11.5 Å². The van der Waals surface area contributed by atoms with E-state index in [1.54, 1.807) is 25.3 Å². The van der Waals surface area contributed by atoms with E-state index in [2.05, 4.69) is 20.7 Å². The van der Waals surface area contributed by atoms with Gasteiger partial charge in [-0.05, 0) is 34.1 Å². The Kier molecular flexibility index (Phi) is 3.57. The number of carbonyl (C=O) groups excluding carboxylic acids is 1. The van der Waals surface area contributed by atoms with Crippen molar-refractivity contribution in [1.82, 2.24) is 0 Å². The van der Waals surface area contributed by atoms with Gasteiger partial charge in [-0.25, -0.2) is 4.79 Å². The van der Waals surface area contributed by atoms with Gasteiger partial charge in [-0.3, -0.25) is 0 Å². The minimum atomic E-state index is -0.870. The summed E-state index contributed by atoms with van der Waals surface area (Å²) in [5.74, 6) is 1.03. The van der Waals surface area contributed by atoms with Crippen LogP contribution in [-0.2, 0) is 0 Å². The molecule has 5 heteroatoms. The van der Waals surface area contributed by atoms with Gasteiger partial charge in [0.2, 0.25) is 0 Å². The van der Waals surface area contributed by atoms with Crippen LogP contribution in [0.1, 0.15) is 0 Å². The molecule has 0 radical (unpaired) electrons. The average Bonchev–Trinajstić information content (AvgIpc) is 2.08. The van der Waals surface area contributed by atoms with E-state index in [0.29, 0.717) is 16.0 Å². The zero-order valence-electron chi connectivity index (χ0n) is 6.71. The summed E-state index contributed by atoms with van der Waals surface area (Å²) in [4.78, 5) is 10.4. The van der Waals surface area contributed by atoms with Crippen LogP contribution in [0.4, 0.5) is 4.79 Å². The zero-order chi connectivity index (χ0) is 9.84. The molecule has 0 N–H and O–H groups in total. The lowest BCUT2D eigenvalue weighted by molar-refractivity contribution is 0.225. The van der Waals surface area contributed by atoms with Crippen molar-refractivity contribution in [2.45, 2.75) is 0 Å². The predicted molar refractivity (Wildman–Crippen MR) is 52.6 cm³/mol. The second-order valence-corrected chi connectivity index (χ2v) is 3.30. The van der Waals surface area contributed by atoms with Crippen LogP contribution in [0.3, 0.4) is 0 Å². The molecular formula is C8H6BrClO3. The maximum absolute atomic E-state index is 10.4. The lowest BCUT2D eigenvalue weighted by Gasteiger charge is -2.04. The van der Waals surface area contributed by atoms with E-state index in [1.807, 2.05) is 0 Å². The highest BCUT2D eigenvalue weighted by atomic mass is 79.9. The van der Waals surface area contributed by atoms with Crippen molar-refractivity contribution < 1.29 is 14.3 Å². The van der Waals surface area contributed by atoms with Gasteiger partial charge >= 0.3 is 5.43 Å². The number of hydrogen-bond acceptors (Lipinski definition) is 3. The van der Waals surface area contributed by atoms with Crippen molar-refractivity contribution in [1.29, 1.82) is 0 Å². The molecule has 0 saturated carbocycles. The van der Waals surface area contributed by atoms with Crippen LogP contribution >= 0.6 is 27.5 Å². The molecule has 0 aliphatic carbocycles. The van der Waals surface area contributed by atoms with E-state index >= 15 is 0 Å². The Labute approximate surface area is 88.7 Å². The van der Waals surface area contributed by atoms with E-state index in [4.69, 9.17) is 16.3 Å². The summed E-state index contributed by atoms with van der Waals surface area (Å²) in [6, 6.07) is 4.93. The van der Waals surface area contributed by atoms with Crippen LogP contribution in [0.5, 0.6) is 11.5 Å². The van der Waals surface area contributed by atoms with Crippen molar-refractivity contribution in [3.63, 3.8) is 0 Å². The number of hydrogen-bond donors (Lipinski definition) is 0. The first kappa shape index (κ1) is 10.3. The molecule has 0 bridgehead atoms. The smallest absolute Gasteiger partial charge is 0.409 e. The lowest BCUT2D eigenvalue weighted by Crippen LogP contribution is -1.96. The summed E-state index contributed by atoms with van der Waals surface area (Å²) in [5, 5.41) is 0.